The van der Waals surface area contributed by atoms with Crippen molar-refractivity contribution in [2.24, 2.45) is 0 Å². The summed E-state index contributed by atoms with van der Waals surface area (Å²) in [4.78, 5) is 25.1. The van der Waals surface area contributed by atoms with Crippen LogP contribution in [0.4, 0.5) is 16.3 Å². The molecule has 0 aliphatic carbocycles. The van der Waals surface area contributed by atoms with E-state index in [1.807, 2.05) is 19.0 Å². The lowest BCUT2D eigenvalue weighted by molar-refractivity contribution is 0.103. The minimum atomic E-state index is -0.227. The van der Waals surface area contributed by atoms with Crippen LogP contribution in [-0.4, -0.2) is 75.5 Å². The smallest absolute Gasteiger partial charge is 0.321 e. The van der Waals surface area contributed by atoms with Crippen molar-refractivity contribution < 1.29 is 23.7 Å². The molecule has 1 aliphatic rings. The number of methoxy groups -OCH3 is 3. The predicted octanol–water partition coefficient (Wildman–Crippen LogP) is 2.64. The number of ether oxygens (including phenoxy) is 4. The van der Waals surface area contributed by atoms with E-state index < -0.39 is 0 Å². The highest BCUT2D eigenvalue weighted by atomic mass is 16.5. The van der Waals surface area contributed by atoms with Crippen LogP contribution in [0.2, 0.25) is 0 Å². The van der Waals surface area contributed by atoms with Crippen LogP contribution in [0, 0.1) is 0 Å². The van der Waals surface area contributed by atoms with Gasteiger partial charge in [-0.15, -0.1) is 0 Å². The zero-order chi connectivity index (χ0) is 22.4. The topological polar surface area (TPSA) is 98.3 Å². The van der Waals surface area contributed by atoms with Gasteiger partial charge in [-0.25, -0.2) is 14.8 Å². The molecule has 0 radical (unpaired) electrons. The molecule has 1 saturated heterocycles. The van der Waals surface area contributed by atoms with E-state index in [1.54, 1.807) is 29.4 Å². The molecule has 1 unspecified atom stereocenters. The third kappa shape index (κ3) is 5.19. The van der Waals surface area contributed by atoms with E-state index in [0.29, 0.717) is 47.7 Å². The van der Waals surface area contributed by atoms with Crippen LogP contribution in [0.15, 0.2) is 24.5 Å². The number of carbonyl (C=O) groups is 1. The Morgan fingerprint density at radius 2 is 1.77 bits per heavy atom. The van der Waals surface area contributed by atoms with Gasteiger partial charge in [0.1, 0.15) is 6.10 Å². The second-order valence-corrected chi connectivity index (χ2v) is 7.25. The summed E-state index contributed by atoms with van der Waals surface area (Å²) < 4.78 is 22.1. The number of rotatable bonds is 7. The number of nitrogens with one attached hydrogen (secondary N) is 1. The van der Waals surface area contributed by atoms with Crippen LogP contribution in [-0.2, 0) is 0 Å². The third-order valence-corrected chi connectivity index (χ3v) is 4.93. The van der Waals surface area contributed by atoms with Crippen LogP contribution in [0.5, 0.6) is 23.1 Å². The summed E-state index contributed by atoms with van der Waals surface area (Å²) in [5.41, 5.74) is 0.548. The molecule has 1 aliphatic heterocycles. The number of hydrogen-bond donors (Lipinski definition) is 1. The molecule has 10 heteroatoms. The van der Waals surface area contributed by atoms with Gasteiger partial charge in [-0.1, -0.05) is 0 Å². The van der Waals surface area contributed by atoms with Crippen molar-refractivity contribution in [1.82, 2.24) is 14.9 Å². The molecular weight excluding hydrogens is 402 g/mol. The van der Waals surface area contributed by atoms with Gasteiger partial charge in [0.2, 0.25) is 5.75 Å². The van der Waals surface area contributed by atoms with Crippen LogP contribution in [0.1, 0.15) is 12.8 Å². The number of nitrogens with zero attached hydrogens (tertiary/aromatic N) is 4. The van der Waals surface area contributed by atoms with Gasteiger partial charge >= 0.3 is 6.03 Å². The highest BCUT2D eigenvalue weighted by molar-refractivity contribution is 5.90. The zero-order valence-electron chi connectivity index (χ0n) is 18.5. The number of piperidine rings is 1. The molecule has 1 aromatic carbocycles. The minimum absolute atomic E-state index is 0.171. The predicted molar refractivity (Wildman–Crippen MR) is 117 cm³/mol. The maximum Gasteiger partial charge on any atom is 0.321 e. The van der Waals surface area contributed by atoms with Gasteiger partial charge in [-0.3, -0.25) is 0 Å². The molecule has 2 heterocycles. The lowest BCUT2D eigenvalue weighted by Crippen LogP contribution is -2.46. The molecule has 1 N–H and O–H groups in total. The standard InChI is InChI=1S/C21H29N5O5/c1-25(2)19-20(23-9-8-22-19)31-15-7-6-10-26(13-15)21(27)24-14-11-16(28-3)18(30-5)17(12-14)29-4/h8-9,11-12,15H,6-7,10,13H2,1-5H3,(H,24,27). The Balaban J connectivity index is 1.69. The average Bonchev–Trinajstić information content (AvgIpc) is 2.78. The summed E-state index contributed by atoms with van der Waals surface area (Å²) >= 11 is 0. The van der Waals surface area contributed by atoms with Crippen molar-refractivity contribution in [1.29, 1.82) is 0 Å². The number of benzene rings is 1. The van der Waals surface area contributed by atoms with Crippen molar-refractivity contribution in [3.63, 3.8) is 0 Å². The van der Waals surface area contributed by atoms with Gasteiger partial charge < -0.3 is 34.1 Å². The fourth-order valence-electron chi connectivity index (χ4n) is 3.44. The van der Waals surface area contributed by atoms with Crippen LogP contribution in [0.3, 0.4) is 0 Å². The van der Waals surface area contributed by atoms with Crippen molar-refractivity contribution in [2.45, 2.75) is 18.9 Å². The second kappa shape index (κ2) is 10.1. The molecule has 1 aromatic heterocycles. The Kier molecular flexibility index (Phi) is 7.22. The van der Waals surface area contributed by atoms with E-state index in [1.165, 1.54) is 21.3 Å². The number of amides is 2. The quantitative estimate of drug-likeness (QED) is 0.715. The first kappa shape index (κ1) is 22.3. The van der Waals surface area contributed by atoms with Crippen LogP contribution >= 0.6 is 0 Å². The lowest BCUT2D eigenvalue weighted by atomic mass is 10.1. The normalized spacial score (nSPS) is 15.8. The Morgan fingerprint density at radius 1 is 1.10 bits per heavy atom. The van der Waals surface area contributed by atoms with Crippen molar-refractivity contribution in [3.8, 4) is 23.1 Å². The molecule has 2 aromatic rings. The largest absolute Gasteiger partial charge is 0.493 e. The zero-order valence-corrected chi connectivity index (χ0v) is 18.5. The molecule has 0 saturated carbocycles. The summed E-state index contributed by atoms with van der Waals surface area (Å²) in [6, 6.07) is 3.16. The molecule has 0 bridgehead atoms. The maximum atomic E-state index is 12.9. The maximum absolute atomic E-state index is 12.9. The van der Waals surface area contributed by atoms with Crippen molar-refractivity contribution in [2.75, 3.05) is 58.7 Å². The van der Waals surface area contributed by atoms with Crippen LogP contribution < -0.4 is 29.2 Å². The van der Waals surface area contributed by atoms with E-state index in [4.69, 9.17) is 18.9 Å². The number of anilines is 2. The summed E-state index contributed by atoms with van der Waals surface area (Å²) in [5, 5.41) is 2.91. The molecular formula is C21H29N5O5. The molecule has 2 amide bonds. The first-order valence-corrected chi connectivity index (χ1v) is 9.97. The Morgan fingerprint density at radius 3 is 2.39 bits per heavy atom. The number of aromatic nitrogens is 2. The number of carbonyl (C=O) groups excluding carboxylic acids is 1. The molecule has 31 heavy (non-hydrogen) atoms. The summed E-state index contributed by atoms with van der Waals surface area (Å²) in [7, 11) is 8.36. The fraction of sp³-hybridized carbons (Fsp3) is 0.476. The number of urea groups is 1. The Bertz CT molecular complexity index is 882. The van der Waals surface area contributed by atoms with E-state index in [9.17, 15) is 4.79 Å². The van der Waals surface area contributed by atoms with Gasteiger partial charge in [0.15, 0.2) is 17.3 Å². The van der Waals surface area contributed by atoms with Gasteiger partial charge in [-0.2, -0.15) is 0 Å². The SMILES string of the molecule is COc1cc(NC(=O)N2CCCC(Oc3nccnc3N(C)C)C2)cc(OC)c1OC. The molecule has 1 fully saturated rings. The van der Waals surface area contributed by atoms with Gasteiger partial charge in [0.25, 0.3) is 5.88 Å². The Labute approximate surface area is 182 Å². The van der Waals surface area contributed by atoms with Crippen molar-refractivity contribution >= 4 is 17.5 Å². The fourth-order valence-corrected chi connectivity index (χ4v) is 3.44. The molecule has 1 atom stereocenters. The first-order valence-electron chi connectivity index (χ1n) is 9.97. The highest BCUT2D eigenvalue weighted by Gasteiger charge is 2.27. The third-order valence-electron chi connectivity index (χ3n) is 4.93. The summed E-state index contributed by atoms with van der Waals surface area (Å²) in [5.74, 6) is 2.52. The molecule has 0 spiro atoms. The van der Waals surface area contributed by atoms with E-state index in [2.05, 4.69) is 15.3 Å². The van der Waals surface area contributed by atoms with Gasteiger partial charge in [0, 0.05) is 45.2 Å². The summed E-state index contributed by atoms with van der Waals surface area (Å²) in [6.07, 6.45) is 4.71. The lowest BCUT2D eigenvalue weighted by Gasteiger charge is -2.33. The molecule has 3 rings (SSSR count). The molecule has 10 nitrogen and oxygen atoms in total. The number of hydrogen-bond acceptors (Lipinski definition) is 8. The Hall–Kier alpha value is -3.43. The first-order chi connectivity index (χ1) is 15.0. The van der Waals surface area contributed by atoms with E-state index >= 15 is 0 Å². The highest BCUT2D eigenvalue weighted by Crippen LogP contribution is 2.40. The van der Waals surface area contributed by atoms with Crippen molar-refractivity contribution in [3.05, 3.63) is 24.5 Å². The second-order valence-electron chi connectivity index (χ2n) is 7.25. The van der Waals surface area contributed by atoms with Gasteiger partial charge in [0.05, 0.1) is 33.6 Å². The van der Waals surface area contributed by atoms with Gasteiger partial charge in [-0.05, 0) is 12.8 Å². The summed E-state index contributed by atoms with van der Waals surface area (Å²) in [6.45, 7) is 1.08. The van der Waals surface area contributed by atoms with E-state index in [0.717, 1.165) is 12.8 Å². The minimum Gasteiger partial charge on any atom is -0.493 e. The molecule has 168 valence electrons. The average molecular weight is 431 g/mol. The monoisotopic (exact) mass is 431 g/mol. The number of likely N-dealkylation sites (tertiary alicyclic amines) is 1. The van der Waals surface area contributed by atoms with E-state index in [-0.39, 0.29) is 12.1 Å². The van der Waals surface area contributed by atoms with Crippen LogP contribution in [0.25, 0.3) is 0 Å².